The molecule has 0 radical (unpaired) electrons. The van der Waals surface area contributed by atoms with Crippen molar-refractivity contribution in [1.29, 1.82) is 5.41 Å². The molecule has 2 rings (SSSR count). The normalized spacial score (nSPS) is 10.6. The molecule has 3 N–H and O–H groups in total. The molecule has 1 aromatic heterocycles. The summed E-state index contributed by atoms with van der Waals surface area (Å²) in [6.45, 7) is 1.95. The maximum absolute atomic E-state index is 14.3. The van der Waals surface area contributed by atoms with Crippen molar-refractivity contribution < 1.29 is 4.39 Å². The van der Waals surface area contributed by atoms with E-state index in [2.05, 4.69) is 20.9 Å². The summed E-state index contributed by atoms with van der Waals surface area (Å²) in [6, 6.07) is 3.21. The fourth-order valence-electron chi connectivity index (χ4n) is 1.75. The highest BCUT2D eigenvalue weighted by Gasteiger charge is 2.15. The number of nitrogens with two attached hydrogens (primary N) is 1. The van der Waals surface area contributed by atoms with Gasteiger partial charge < -0.3 is 10.3 Å². The molecule has 0 aliphatic carbocycles. The number of imidazole rings is 1. The molecule has 0 saturated heterocycles. The van der Waals surface area contributed by atoms with Crippen molar-refractivity contribution >= 4 is 21.8 Å². The van der Waals surface area contributed by atoms with Gasteiger partial charge >= 0.3 is 0 Å². The maximum atomic E-state index is 14.3. The van der Waals surface area contributed by atoms with Crippen LogP contribution in [-0.4, -0.2) is 15.4 Å². The van der Waals surface area contributed by atoms with Gasteiger partial charge in [0.05, 0.1) is 10.2 Å². The summed E-state index contributed by atoms with van der Waals surface area (Å²) in [5.41, 5.74) is 6.11. The van der Waals surface area contributed by atoms with Crippen LogP contribution in [0.15, 0.2) is 29.0 Å². The predicted molar refractivity (Wildman–Crippen MR) is 71.6 cm³/mol. The van der Waals surface area contributed by atoms with E-state index < -0.39 is 5.82 Å². The van der Waals surface area contributed by atoms with E-state index >= 15 is 0 Å². The zero-order valence-corrected chi connectivity index (χ0v) is 11.3. The third-order valence-corrected chi connectivity index (χ3v) is 3.42. The number of nitrogen functional groups attached to an aromatic ring is 1. The van der Waals surface area contributed by atoms with Gasteiger partial charge in [-0.1, -0.05) is 6.92 Å². The summed E-state index contributed by atoms with van der Waals surface area (Å²) in [7, 11) is 0. The van der Waals surface area contributed by atoms with Gasteiger partial charge in [0.2, 0.25) is 0 Å². The molecular weight excluding hydrogens is 299 g/mol. The lowest BCUT2D eigenvalue weighted by Gasteiger charge is -2.11. The number of rotatable bonds is 3. The van der Waals surface area contributed by atoms with Crippen molar-refractivity contribution in [2.45, 2.75) is 13.3 Å². The SMILES string of the molecule is CCc1nccn1-c1ccc(C(=N)N)c(Br)c1F. The third-order valence-electron chi connectivity index (χ3n) is 2.65. The van der Waals surface area contributed by atoms with Crippen molar-refractivity contribution in [2.75, 3.05) is 0 Å². The predicted octanol–water partition coefficient (Wildman–Crippen LogP) is 2.62. The molecule has 0 atom stereocenters. The lowest BCUT2D eigenvalue weighted by Crippen LogP contribution is -2.13. The van der Waals surface area contributed by atoms with Gasteiger partial charge in [-0.05, 0) is 28.1 Å². The Labute approximate surface area is 112 Å². The third kappa shape index (κ3) is 2.03. The first-order valence-corrected chi connectivity index (χ1v) is 6.20. The molecule has 4 nitrogen and oxygen atoms in total. The highest BCUT2D eigenvalue weighted by atomic mass is 79.9. The number of nitrogens with zero attached hydrogens (tertiary/aromatic N) is 2. The Morgan fingerprint density at radius 1 is 1.56 bits per heavy atom. The Morgan fingerprint density at radius 2 is 2.28 bits per heavy atom. The molecule has 1 aromatic carbocycles. The second-order valence-electron chi connectivity index (χ2n) is 3.74. The van der Waals surface area contributed by atoms with Crippen LogP contribution in [0.1, 0.15) is 18.3 Å². The molecule has 0 saturated carbocycles. The quantitative estimate of drug-likeness (QED) is 0.676. The monoisotopic (exact) mass is 310 g/mol. The molecule has 0 aliphatic heterocycles. The summed E-state index contributed by atoms with van der Waals surface area (Å²) in [4.78, 5) is 4.15. The van der Waals surface area contributed by atoms with E-state index in [4.69, 9.17) is 11.1 Å². The van der Waals surface area contributed by atoms with E-state index in [1.54, 1.807) is 29.1 Å². The van der Waals surface area contributed by atoms with Crippen molar-refractivity contribution in [1.82, 2.24) is 9.55 Å². The highest BCUT2D eigenvalue weighted by Crippen LogP contribution is 2.26. The van der Waals surface area contributed by atoms with E-state index in [1.807, 2.05) is 6.92 Å². The molecule has 94 valence electrons. The lowest BCUT2D eigenvalue weighted by atomic mass is 10.1. The van der Waals surface area contributed by atoms with E-state index in [0.29, 0.717) is 17.7 Å². The fraction of sp³-hybridized carbons (Fsp3) is 0.167. The Balaban J connectivity index is 2.61. The molecule has 0 aliphatic rings. The van der Waals surface area contributed by atoms with Gasteiger partial charge in [0, 0.05) is 24.4 Å². The Hall–Kier alpha value is -1.69. The summed E-state index contributed by atoms with van der Waals surface area (Å²) >= 11 is 3.13. The lowest BCUT2D eigenvalue weighted by molar-refractivity contribution is 0.608. The largest absolute Gasteiger partial charge is 0.384 e. The molecule has 1 heterocycles. The summed E-state index contributed by atoms with van der Waals surface area (Å²) in [5, 5.41) is 7.36. The van der Waals surface area contributed by atoms with Crippen molar-refractivity contribution in [3.63, 3.8) is 0 Å². The smallest absolute Gasteiger partial charge is 0.162 e. The van der Waals surface area contributed by atoms with Gasteiger partial charge in [0.15, 0.2) is 5.82 Å². The van der Waals surface area contributed by atoms with Crippen molar-refractivity contribution in [3.05, 3.63) is 46.2 Å². The zero-order chi connectivity index (χ0) is 13.3. The average molecular weight is 311 g/mol. The Morgan fingerprint density at radius 3 is 2.89 bits per heavy atom. The number of hydrogen-bond donors (Lipinski definition) is 2. The van der Waals surface area contributed by atoms with Crippen molar-refractivity contribution in [3.8, 4) is 5.69 Å². The molecule has 6 heteroatoms. The molecule has 18 heavy (non-hydrogen) atoms. The minimum absolute atomic E-state index is 0.173. The van der Waals surface area contributed by atoms with E-state index in [-0.39, 0.29) is 10.3 Å². The van der Waals surface area contributed by atoms with Gasteiger partial charge in [-0.3, -0.25) is 5.41 Å². The summed E-state index contributed by atoms with van der Waals surface area (Å²) in [6.07, 6.45) is 4.04. The number of aromatic nitrogens is 2. The van der Waals surface area contributed by atoms with Gasteiger partial charge in [-0.25, -0.2) is 9.37 Å². The average Bonchev–Trinajstić information content (AvgIpc) is 2.80. The van der Waals surface area contributed by atoms with Gasteiger partial charge in [0.1, 0.15) is 11.7 Å². The van der Waals surface area contributed by atoms with Crippen LogP contribution in [0.2, 0.25) is 0 Å². The van der Waals surface area contributed by atoms with Gasteiger partial charge in [-0.2, -0.15) is 0 Å². The number of hydrogen-bond acceptors (Lipinski definition) is 2. The Bertz CT molecular complexity index is 606. The van der Waals surface area contributed by atoms with Crippen LogP contribution in [0.5, 0.6) is 0 Å². The van der Waals surface area contributed by atoms with Gasteiger partial charge in [0.25, 0.3) is 0 Å². The molecular formula is C12H12BrFN4. The van der Waals surface area contributed by atoms with Crippen LogP contribution in [-0.2, 0) is 6.42 Å². The van der Waals surface area contributed by atoms with Crippen molar-refractivity contribution in [2.24, 2.45) is 5.73 Å². The second kappa shape index (κ2) is 4.89. The minimum atomic E-state index is -0.449. The van der Waals surface area contributed by atoms with Gasteiger partial charge in [-0.15, -0.1) is 0 Å². The first kappa shape index (κ1) is 12.8. The number of nitrogens with one attached hydrogen (secondary N) is 1. The summed E-state index contributed by atoms with van der Waals surface area (Å²) < 4.78 is 16.1. The minimum Gasteiger partial charge on any atom is -0.384 e. The van der Waals surface area contributed by atoms with E-state index in [0.717, 1.165) is 5.82 Å². The molecule has 2 aromatic rings. The first-order valence-electron chi connectivity index (χ1n) is 5.41. The standard InChI is InChI=1S/C12H12BrFN4/c1-2-9-17-5-6-18(9)8-4-3-7(12(15)16)10(13)11(8)14/h3-6H,2H2,1H3,(H3,15,16). The van der Waals surface area contributed by atoms with E-state index in [1.165, 1.54) is 0 Å². The second-order valence-corrected chi connectivity index (χ2v) is 4.53. The van der Waals surface area contributed by atoms with Crippen LogP contribution >= 0.6 is 15.9 Å². The Kier molecular flexibility index (Phi) is 3.47. The molecule has 0 amide bonds. The fourth-order valence-corrected chi connectivity index (χ4v) is 2.30. The van der Waals surface area contributed by atoms with E-state index in [9.17, 15) is 4.39 Å². The number of aryl methyl sites for hydroxylation is 1. The van der Waals surface area contributed by atoms with Crippen LogP contribution in [0.4, 0.5) is 4.39 Å². The zero-order valence-electron chi connectivity index (χ0n) is 9.74. The molecule has 0 spiro atoms. The highest BCUT2D eigenvalue weighted by molar-refractivity contribution is 9.10. The summed E-state index contributed by atoms with van der Waals surface area (Å²) in [5.74, 6) is 0.153. The van der Waals surface area contributed by atoms with Crippen LogP contribution in [0, 0.1) is 11.2 Å². The molecule has 0 fully saturated rings. The number of halogens is 2. The van der Waals surface area contributed by atoms with Crippen LogP contribution in [0.25, 0.3) is 5.69 Å². The van der Waals surface area contributed by atoms with Crippen LogP contribution < -0.4 is 5.73 Å². The molecule has 0 bridgehead atoms. The first-order chi connectivity index (χ1) is 8.56. The topological polar surface area (TPSA) is 67.7 Å². The maximum Gasteiger partial charge on any atom is 0.162 e. The number of benzene rings is 1. The number of amidine groups is 1. The molecule has 0 unspecified atom stereocenters. The van der Waals surface area contributed by atoms with Crippen LogP contribution in [0.3, 0.4) is 0 Å².